The van der Waals surface area contributed by atoms with Crippen molar-refractivity contribution in [3.8, 4) is 0 Å². The normalized spacial score (nSPS) is 12.0. The third kappa shape index (κ3) is 11.5. The maximum atomic E-state index is 12.2. The fourth-order valence-electron chi connectivity index (χ4n) is 2.55. The van der Waals surface area contributed by atoms with E-state index in [1.54, 1.807) is 0 Å². The first kappa shape index (κ1) is 26.1. The zero-order valence-corrected chi connectivity index (χ0v) is 20.1. The molecule has 0 aliphatic rings. The number of nitrogens with zero attached hydrogens (tertiary/aromatic N) is 1. The number of guanidine groups is 1. The lowest BCUT2D eigenvalue weighted by Crippen LogP contribution is -2.37. The van der Waals surface area contributed by atoms with E-state index in [2.05, 4.69) is 27.3 Å². The summed E-state index contributed by atoms with van der Waals surface area (Å²) in [5.41, 5.74) is 1.71. The van der Waals surface area contributed by atoms with Gasteiger partial charge in [0.1, 0.15) is 0 Å². The fourth-order valence-corrected chi connectivity index (χ4v) is 4.04. The van der Waals surface area contributed by atoms with Crippen LogP contribution < -0.4 is 15.4 Å². The van der Waals surface area contributed by atoms with E-state index >= 15 is 0 Å². The highest BCUT2D eigenvalue weighted by molar-refractivity contribution is 14.0. The van der Waals surface area contributed by atoms with Gasteiger partial charge in [0.05, 0.1) is 12.3 Å². The summed E-state index contributed by atoms with van der Waals surface area (Å²) in [7, 11) is -3.36. The summed E-state index contributed by atoms with van der Waals surface area (Å²) >= 11 is 0. The summed E-state index contributed by atoms with van der Waals surface area (Å²) < 4.78 is 27.1. The molecule has 0 radical (unpaired) electrons. The Morgan fingerprint density at radius 2 is 1.74 bits per heavy atom. The van der Waals surface area contributed by atoms with Gasteiger partial charge in [-0.05, 0) is 38.3 Å². The first-order valence-corrected chi connectivity index (χ1v) is 11.1. The van der Waals surface area contributed by atoms with E-state index in [4.69, 9.17) is 0 Å². The molecule has 3 N–H and O–H groups in total. The summed E-state index contributed by atoms with van der Waals surface area (Å²) in [6, 6.07) is 7.45. The molecule has 156 valence electrons. The molecular weight excluding hydrogens is 475 g/mol. The largest absolute Gasteiger partial charge is 0.357 e. The van der Waals surface area contributed by atoms with Crippen LogP contribution in [0.4, 0.5) is 0 Å². The van der Waals surface area contributed by atoms with Gasteiger partial charge in [0.25, 0.3) is 0 Å². The summed E-state index contributed by atoms with van der Waals surface area (Å²) in [4.78, 5) is 4.61. The molecule has 1 rings (SSSR count). The van der Waals surface area contributed by atoms with Gasteiger partial charge >= 0.3 is 0 Å². The Morgan fingerprint density at radius 1 is 1.07 bits per heavy atom. The molecule has 0 saturated carbocycles. The van der Waals surface area contributed by atoms with Crippen LogP contribution in [0.5, 0.6) is 0 Å². The molecule has 0 spiro atoms. The standard InChI is InChI=1S/C19H34N4O2S.HI/c1-5-7-10-13-21-19(20-6-2)22-14-17-11-8-9-12-18(17)15-26(24,25)23-16(3)4;/h8-9,11-12,16,23H,5-7,10,13-15H2,1-4H3,(H2,20,21,22);1H. The third-order valence-corrected chi connectivity index (χ3v) is 5.23. The smallest absolute Gasteiger partial charge is 0.216 e. The molecule has 0 bridgehead atoms. The Morgan fingerprint density at radius 3 is 2.33 bits per heavy atom. The molecule has 27 heavy (non-hydrogen) atoms. The quantitative estimate of drug-likeness (QED) is 0.185. The molecule has 6 nitrogen and oxygen atoms in total. The molecule has 0 fully saturated rings. The Labute approximate surface area is 182 Å². The van der Waals surface area contributed by atoms with Crippen molar-refractivity contribution in [1.82, 2.24) is 15.4 Å². The van der Waals surface area contributed by atoms with Crippen LogP contribution in [-0.4, -0.2) is 33.5 Å². The lowest BCUT2D eigenvalue weighted by Gasteiger charge is -2.13. The second-order valence-corrected chi connectivity index (χ2v) is 8.38. The molecule has 0 aromatic heterocycles. The van der Waals surface area contributed by atoms with Crippen molar-refractivity contribution in [1.29, 1.82) is 0 Å². The topological polar surface area (TPSA) is 82.6 Å². The average molecular weight is 510 g/mol. The van der Waals surface area contributed by atoms with Crippen LogP contribution in [0.2, 0.25) is 0 Å². The number of benzene rings is 1. The third-order valence-electron chi connectivity index (χ3n) is 3.70. The average Bonchev–Trinajstić information content (AvgIpc) is 2.56. The molecule has 1 aromatic rings. The Bertz CT molecular complexity index is 663. The van der Waals surface area contributed by atoms with Gasteiger partial charge in [-0.15, -0.1) is 24.0 Å². The Kier molecular flexibility index (Phi) is 13.7. The molecule has 0 aliphatic carbocycles. The van der Waals surface area contributed by atoms with Crippen LogP contribution in [-0.2, 0) is 22.3 Å². The van der Waals surface area contributed by atoms with Gasteiger partial charge in [0, 0.05) is 19.1 Å². The van der Waals surface area contributed by atoms with Crippen LogP contribution >= 0.6 is 24.0 Å². The van der Waals surface area contributed by atoms with Crippen molar-refractivity contribution < 1.29 is 8.42 Å². The molecule has 0 aliphatic heterocycles. The van der Waals surface area contributed by atoms with Crippen molar-refractivity contribution in [2.75, 3.05) is 13.1 Å². The van der Waals surface area contributed by atoms with Gasteiger partial charge in [-0.25, -0.2) is 18.1 Å². The number of unbranched alkanes of at least 4 members (excludes halogenated alkanes) is 2. The van der Waals surface area contributed by atoms with E-state index in [1.807, 2.05) is 45.0 Å². The summed E-state index contributed by atoms with van der Waals surface area (Å²) in [5, 5.41) is 6.56. The second kappa shape index (κ2) is 14.2. The first-order valence-electron chi connectivity index (χ1n) is 9.47. The first-order chi connectivity index (χ1) is 12.4. The van der Waals surface area contributed by atoms with Crippen molar-refractivity contribution in [3.63, 3.8) is 0 Å². The summed E-state index contributed by atoms with van der Waals surface area (Å²) in [6.07, 6.45) is 3.48. The van der Waals surface area contributed by atoms with Crippen LogP contribution in [0.3, 0.4) is 0 Å². The zero-order chi connectivity index (χ0) is 19.4. The maximum Gasteiger partial charge on any atom is 0.216 e. The minimum absolute atomic E-state index is 0. The minimum atomic E-state index is -3.36. The molecule has 0 amide bonds. The molecule has 1 aromatic carbocycles. The number of hydrogen-bond donors (Lipinski definition) is 3. The molecular formula is C19H35IN4O2S. The summed E-state index contributed by atoms with van der Waals surface area (Å²) in [6.45, 7) is 9.96. The van der Waals surface area contributed by atoms with E-state index in [0.717, 1.165) is 36.6 Å². The van der Waals surface area contributed by atoms with Gasteiger partial charge in [-0.2, -0.15) is 0 Å². The predicted molar refractivity (Wildman–Crippen MR) is 125 cm³/mol. The number of sulfonamides is 1. The van der Waals surface area contributed by atoms with Crippen molar-refractivity contribution in [3.05, 3.63) is 35.4 Å². The number of hydrogen-bond acceptors (Lipinski definition) is 3. The second-order valence-electron chi connectivity index (χ2n) is 6.63. The van der Waals surface area contributed by atoms with Gasteiger partial charge in [-0.1, -0.05) is 44.0 Å². The number of rotatable bonds is 11. The number of aliphatic imine (C=N–C) groups is 1. The van der Waals surface area contributed by atoms with E-state index < -0.39 is 10.0 Å². The van der Waals surface area contributed by atoms with Crippen molar-refractivity contribution in [2.24, 2.45) is 4.99 Å². The Hall–Kier alpha value is -0.870. The molecule has 8 heteroatoms. The molecule has 0 saturated heterocycles. The van der Waals surface area contributed by atoms with Gasteiger partial charge < -0.3 is 10.6 Å². The van der Waals surface area contributed by atoms with Crippen LogP contribution in [0.25, 0.3) is 0 Å². The van der Waals surface area contributed by atoms with Crippen LogP contribution in [0.1, 0.15) is 58.1 Å². The van der Waals surface area contributed by atoms with E-state index in [1.165, 1.54) is 12.8 Å². The SMILES string of the molecule is CCCCCNC(=NCc1ccccc1CS(=O)(=O)NC(C)C)NCC.I. The maximum absolute atomic E-state index is 12.2. The van der Waals surface area contributed by atoms with Gasteiger partial charge in [-0.3, -0.25) is 0 Å². The van der Waals surface area contributed by atoms with E-state index in [0.29, 0.717) is 6.54 Å². The monoisotopic (exact) mass is 510 g/mol. The highest BCUT2D eigenvalue weighted by Gasteiger charge is 2.15. The Balaban J connectivity index is 0.00000676. The van der Waals surface area contributed by atoms with Crippen molar-refractivity contribution >= 4 is 40.0 Å². The highest BCUT2D eigenvalue weighted by Crippen LogP contribution is 2.13. The van der Waals surface area contributed by atoms with Gasteiger partial charge in [0.15, 0.2) is 5.96 Å². The van der Waals surface area contributed by atoms with E-state index in [-0.39, 0.29) is 35.8 Å². The van der Waals surface area contributed by atoms with E-state index in [9.17, 15) is 8.42 Å². The number of halogens is 1. The lowest BCUT2D eigenvalue weighted by atomic mass is 10.1. The highest BCUT2D eigenvalue weighted by atomic mass is 127. The van der Waals surface area contributed by atoms with Crippen LogP contribution in [0, 0.1) is 0 Å². The molecule has 0 unspecified atom stereocenters. The van der Waals surface area contributed by atoms with Crippen molar-refractivity contribution in [2.45, 2.75) is 65.3 Å². The molecule has 0 atom stereocenters. The lowest BCUT2D eigenvalue weighted by molar-refractivity contribution is 0.569. The number of nitrogens with one attached hydrogen (secondary N) is 3. The predicted octanol–water partition coefficient (Wildman–Crippen LogP) is 3.38. The summed E-state index contributed by atoms with van der Waals surface area (Å²) in [5.74, 6) is 0.735. The van der Waals surface area contributed by atoms with Crippen LogP contribution in [0.15, 0.2) is 29.3 Å². The van der Waals surface area contributed by atoms with Gasteiger partial charge in [0.2, 0.25) is 10.0 Å². The fraction of sp³-hybridized carbons (Fsp3) is 0.632. The molecule has 0 heterocycles. The minimum Gasteiger partial charge on any atom is -0.357 e. The zero-order valence-electron chi connectivity index (χ0n) is 16.9.